The zero-order valence-electron chi connectivity index (χ0n) is 10.7. The third-order valence-electron chi connectivity index (χ3n) is 2.81. The number of hydrogen-bond donors (Lipinski definition) is 2. The first-order valence-electron chi connectivity index (χ1n) is 5.91. The van der Waals surface area contributed by atoms with Gasteiger partial charge in [0.25, 0.3) is 0 Å². The van der Waals surface area contributed by atoms with E-state index in [0.29, 0.717) is 12.8 Å². The highest BCUT2D eigenvalue weighted by atomic mass is 32.2. The third kappa shape index (κ3) is 4.27. The minimum absolute atomic E-state index is 0.439. The number of hydrogen-bond acceptors (Lipinski definition) is 5. The summed E-state index contributed by atoms with van der Waals surface area (Å²) in [6.45, 7) is 3.73. The van der Waals surface area contributed by atoms with Crippen LogP contribution in [0.3, 0.4) is 0 Å². The molecule has 0 bridgehead atoms. The third-order valence-corrected chi connectivity index (χ3v) is 3.77. The summed E-state index contributed by atoms with van der Waals surface area (Å²) < 4.78 is 0. The Balaban J connectivity index is 2.34. The van der Waals surface area contributed by atoms with Crippen LogP contribution in [-0.4, -0.2) is 32.3 Å². The fourth-order valence-corrected chi connectivity index (χ4v) is 2.17. The maximum absolute atomic E-state index is 11.0. The van der Waals surface area contributed by atoms with Crippen molar-refractivity contribution < 1.29 is 9.90 Å². The van der Waals surface area contributed by atoms with E-state index in [1.807, 2.05) is 6.92 Å². The molecule has 100 valence electrons. The predicted octanol–water partition coefficient (Wildman–Crippen LogP) is 1.85. The number of carbonyl (C=O) groups is 1. The predicted molar refractivity (Wildman–Crippen MR) is 71.6 cm³/mol. The highest BCUT2D eigenvalue weighted by Gasteiger charge is 2.30. The van der Waals surface area contributed by atoms with E-state index < -0.39 is 11.5 Å². The van der Waals surface area contributed by atoms with Crippen molar-refractivity contribution >= 4 is 17.7 Å². The Labute approximate surface area is 111 Å². The zero-order chi connectivity index (χ0) is 13.6. The molecule has 0 aliphatic rings. The number of nitrogens with zero attached hydrogens (tertiary/aromatic N) is 2. The molecule has 0 radical (unpaired) electrons. The Bertz CT molecular complexity index is 397. The van der Waals surface area contributed by atoms with Gasteiger partial charge in [-0.15, -0.1) is 0 Å². The van der Waals surface area contributed by atoms with Crippen LogP contribution in [0.2, 0.25) is 0 Å². The molecule has 1 heterocycles. The number of carboxylic acids is 1. The normalized spacial score (nSPS) is 14.2. The van der Waals surface area contributed by atoms with Gasteiger partial charge in [0.2, 0.25) is 0 Å². The molecule has 0 aliphatic carbocycles. The lowest BCUT2D eigenvalue weighted by molar-refractivity contribution is -0.143. The van der Waals surface area contributed by atoms with Gasteiger partial charge in [0, 0.05) is 18.1 Å². The fraction of sp³-hybridized carbons (Fsp3) is 0.583. The molecule has 0 fully saturated rings. The van der Waals surface area contributed by atoms with Crippen molar-refractivity contribution in [3.05, 3.63) is 18.0 Å². The molecular formula is C12H19N3O2S. The minimum Gasteiger partial charge on any atom is -0.480 e. The number of aliphatic carboxylic acids is 1. The molecule has 1 aromatic rings. The number of carboxylic acid groups (broad SMARTS) is 1. The Morgan fingerprint density at radius 2 is 2.11 bits per heavy atom. The van der Waals surface area contributed by atoms with Gasteiger partial charge in [-0.2, -0.15) is 0 Å². The molecule has 0 aliphatic heterocycles. The van der Waals surface area contributed by atoms with E-state index in [4.69, 9.17) is 10.8 Å². The molecule has 0 saturated carbocycles. The van der Waals surface area contributed by atoms with E-state index in [9.17, 15) is 4.79 Å². The Hall–Kier alpha value is -1.14. The molecule has 1 atom stereocenters. The molecular weight excluding hydrogens is 250 g/mol. The van der Waals surface area contributed by atoms with Gasteiger partial charge < -0.3 is 10.8 Å². The summed E-state index contributed by atoms with van der Waals surface area (Å²) in [5, 5.41) is 9.74. The van der Waals surface area contributed by atoms with Crippen LogP contribution in [0.1, 0.15) is 31.7 Å². The number of nitrogens with two attached hydrogens (primary N) is 1. The van der Waals surface area contributed by atoms with Crippen molar-refractivity contribution in [3.63, 3.8) is 0 Å². The monoisotopic (exact) mass is 269 g/mol. The van der Waals surface area contributed by atoms with Gasteiger partial charge >= 0.3 is 5.97 Å². The molecule has 1 rings (SSSR count). The van der Waals surface area contributed by atoms with Crippen LogP contribution >= 0.6 is 11.8 Å². The van der Waals surface area contributed by atoms with Crippen molar-refractivity contribution in [2.75, 3.05) is 5.75 Å². The largest absolute Gasteiger partial charge is 0.480 e. The summed E-state index contributed by atoms with van der Waals surface area (Å²) in [4.78, 5) is 19.3. The van der Waals surface area contributed by atoms with Gasteiger partial charge in [0.15, 0.2) is 5.16 Å². The fourth-order valence-electron chi connectivity index (χ4n) is 1.44. The van der Waals surface area contributed by atoms with Crippen molar-refractivity contribution in [2.24, 2.45) is 5.73 Å². The molecule has 0 aromatic carbocycles. The maximum atomic E-state index is 11.0. The van der Waals surface area contributed by atoms with Gasteiger partial charge in [-0.25, -0.2) is 9.97 Å². The lowest BCUT2D eigenvalue weighted by atomic mass is 9.92. The van der Waals surface area contributed by atoms with Crippen LogP contribution in [0.15, 0.2) is 17.6 Å². The van der Waals surface area contributed by atoms with E-state index in [1.165, 1.54) is 11.8 Å². The molecule has 18 heavy (non-hydrogen) atoms. The standard InChI is InChI=1S/C12H19N3O2S/c1-3-12(13,10(16)17)5-4-6-18-11-14-7-9(2)8-15-11/h7-8H,3-6,13H2,1-2H3,(H,16,17). The first kappa shape index (κ1) is 14.9. The first-order valence-corrected chi connectivity index (χ1v) is 6.90. The van der Waals surface area contributed by atoms with Gasteiger partial charge in [0.1, 0.15) is 5.54 Å². The molecule has 1 aromatic heterocycles. The number of aryl methyl sites for hydroxylation is 1. The average molecular weight is 269 g/mol. The van der Waals surface area contributed by atoms with E-state index in [2.05, 4.69) is 9.97 Å². The van der Waals surface area contributed by atoms with Gasteiger partial charge in [0.05, 0.1) is 0 Å². The second-order valence-electron chi connectivity index (χ2n) is 4.31. The number of thioether (sulfide) groups is 1. The summed E-state index contributed by atoms with van der Waals surface area (Å²) in [5.74, 6) is -0.156. The highest BCUT2D eigenvalue weighted by molar-refractivity contribution is 7.99. The molecule has 5 nitrogen and oxygen atoms in total. The Kier molecular flexibility index (Phi) is 5.55. The SMILES string of the molecule is CCC(N)(CCCSc1ncc(C)cn1)C(=O)O. The minimum atomic E-state index is -1.10. The van der Waals surface area contributed by atoms with Crippen LogP contribution < -0.4 is 5.73 Å². The molecule has 1 unspecified atom stereocenters. The van der Waals surface area contributed by atoms with Gasteiger partial charge in [-0.1, -0.05) is 18.7 Å². The molecule has 0 saturated heterocycles. The van der Waals surface area contributed by atoms with Crippen molar-refractivity contribution in [1.82, 2.24) is 9.97 Å². The smallest absolute Gasteiger partial charge is 0.323 e. The summed E-state index contributed by atoms with van der Waals surface area (Å²) >= 11 is 1.52. The lowest BCUT2D eigenvalue weighted by Crippen LogP contribution is -2.47. The van der Waals surface area contributed by atoms with Crippen molar-refractivity contribution in [3.8, 4) is 0 Å². The number of aromatic nitrogens is 2. The topological polar surface area (TPSA) is 89.1 Å². The van der Waals surface area contributed by atoms with E-state index in [1.54, 1.807) is 19.3 Å². The quantitative estimate of drug-likeness (QED) is 0.446. The average Bonchev–Trinajstić information content (AvgIpc) is 2.36. The van der Waals surface area contributed by atoms with Crippen LogP contribution in [0.4, 0.5) is 0 Å². The van der Waals surface area contributed by atoms with Crippen molar-refractivity contribution in [1.29, 1.82) is 0 Å². The molecule has 0 spiro atoms. The van der Waals surface area contributed by atoms with E-state index in [-0.39, 0.29) is 0 Å². The van der Waals surface area contributed by atoms with Crippen LogP contribution in [0, 0.1) is 6.92 Å². The molecule has 3 N–H and O–H groups in total. The van der Waals surface area contributed by atoms with Gasteiger partial charge in [-0.3, -0.25) is 4.79 Å². The lowest BCUT2D eigenvalue weighted by Gasteiger charge is -2.22. The second kappa shape index (κ2) is 6.70. The summed E-state index contributed by atoms with van der Waals surface area (Å²) in [7, 11) is 0. The maximum Gasteiger partial charge on any atom is 0.323 e. The Morgan fingerprint density at radius 1 is 1.50 bits per heavy atom. The Morgan fingerprint density at radius 3 is 2.61 bits per heavy atom. The van der Waals surface area contributed by atoms with Crippen molar-refractivity contribution in [2.45, 2.75) is 43.8 Å². The second-order valence-corrected chi connectivity index (χ2v) is 5.37. The van der Waals surface area contributed by atoms with E-state index in [0.717, 1.165) is 22.9 Å². The van der Waals surface area contributed by atoms with Gasteiger partial charge in [-0.05, 0) is 31.7 Å². The van der Waals surface area contributed by atoms with Crippen LogP contribution in [0.25, 0.3) is 0 Å². The highest BCUT2D eigenvalue weighted by Crippen LogP contribution is 2.19. The molecule has 6 heteroatoms. The summed E-state index contributed by atoms with van der Waals surface area (Å²) in [5.41, 5.74) is 5.72. The number of rotatable bonds is 7. The van der Waals surface area contributed by atoms with Crippen LogP contribution in [0.5, 0.6) is 0 Å². The zero-order valence-corrected chi connectivity index (χ0v) is 11.5. The van der Waals surface area contributed by atoms with E-state index >= 15 is 0 Å². The summed E-state index contributed by atoms with van der Waals surface area (Å²) in [6.07, 6.45) is 5.18. The van der Waals surface area contributed by atoms with Crippen LogP contribution in [-0.2, 0) is 4.79 Å². The molecule has 0 amide bonds. The summed E-state index contributed by atoms with van der Waals surface area (Å²) in [6, 6.07) is 0. The first-order chi connectivity index (χ1) is 8.48.